The van der Waals surface area contributed by atoms with E-state index in [-0.39, 0.29) is 16.8 Å². The average molecular weight is 499 g/mol. The van der Waals surface area contributed by atoms with Gasteiger partial charge in [0, 0.05) is 18.8 Å². The van der Waals surface area contributed by atoms with Crippen molar-refractivity contribution in [1.29, 1.82) is 0 Å². The molecule has 0 amide bonds. The quantitative estimate of drug-likeness (QED) is 0.338. The topological polar surface area (TPSA) is 131 Å². The molecule has 0 aliphatic carbocycles. The number of fused-ring (bicyclic) bond motifs is 1. The number of aromatic nitrogens is 4. The van der Waals surface area contributed by atoms with Gasteiger partial charge in [0.15, 0.2) is 0 Å². The van der Waals surface area contributed by atoms with E-state index in [0.717, 1.165) is 23.3 Å². The number of nitrogens with one attached hydrogen (secondary N) is 2. The van der Waals surface area contributed by atoms with Gasteiger partial charge in [0.2, 0.25) is 27.1 Å². The number of rotatable bonds is 8. The van der Waals surface area contributed by atoms with Gasteiger partial charge < -0.3 is 16.0 Å². The predicted molar refractivity (Wildman–Crippen MR) is 134 cm³/mol. The van der Waals surface area contributed by atoms with Crippen molar-refractivity contribution < 1.29 is 8.42 Å². The number of nitrogen functional groups attached to an aromatic ring is 1. The number of thiazole rings is 1. The van der Waals surface area contributed by atoms with E-state index in [9.17, 15) is 8.42 Å². The average Bonchev–Trinajstić information content (AvgIpc) is 3.42. The molecule has 1 aliphatic heterocycles. The first-order chi connectivity index (χ1) is 16.5. The summed E-state index contributed by atoms with van der Waals surface area (Å²) in [6.45, 7) is 3.15. The van der Waals surface area contributed by atoms with Gasteiger partial charge in [-0.1, -0.05) is 36.0 Å². The van der Waals surface area contributed by atoms with Crippen LogP contribution >= 0.6 is 11.3 Å². The number of piperidine rings is 1. The number of benzene rings is 2. The normalized spacial score (nSPS) is 15.1. The summed E-state index contributed by atoms with van der Waals surface area (Å²) in [5.41, 5.74) is 7.47. The number of para-hydroxylation sites is 1. The minimum Gasteiger partial charge on any atom is -0.368 e. The Hall–Kier alpha value is -3.06. The molecule has 1 fully saturated rings. The SMILES string of the molecule is Nc1nc(Nc2cccc(S(=O)(=O)NCCN3CCCCC3)c2)nn1-c1nc2ccccc2s1. The van der Waals surface area contributed by atoms with Gasteiger partial charge >= 0.3 is 0 Å². The maximum absolute atomic E-state index is 12.8. The molecule has 2 aromatic heterocycles. The Morgan fingerprint density at radius 1 is 1.03 bits per heavy atom. The summed E-state index contributed by atoms with van der Waals surface area (Å²) in [4.78, 5) is 11.3. The van der Waals surface area contributed by atoms with Crippen LogP contribution in [0.3, 0.4) is 0 Å². The third-order valence-electron chi connectivity index (χ3n) is 5.67. The van der Waals surface area contributed by atoms with Crippen molar-refractivity contribution >= 4 is 49.2 Å². The van der Waals surface area contributed by atoms with E-state index >= 15 is 0 Å². The van der Waals surface area contributed by atoms with Gasteiger partial charge in [0.25, 0.3) is 0 Å². The van der Waals surface area contributed by atoms with E-state index in [4.69, 9.17) is 5.73 Å². The fourth-order valence-electron chi connectivity index (χ4n) is 3.94. The zero-order valence-electron chi connectivity index (χ0n) is 18.5. The Morgan fingerprint density at radius 2 is 1.85 bits per heavy atom. The summed E-state index contributed by atoms with van der Waals surface area (Å²) >= 11 is 1.46. The number of likely N-dealkylation sites (tertiary alicyclic amines) is 1. The summed E-state index contributed by atoms with van der Waals surface area (Å²) in [5.74, 6) is 0.439. The second-order valence-electron chi connectivity index (χ2n) is 8.12. The van der Waals surface area contributed by atoms with Crippen molar-refractivity contribution in [2.75, 3.05) is 37.2 Å². The third kappa shape index (κ3) is 5.04. The van der Waals surface area contributed by atoms with Gasteiger partial charge in [-0.25, -0.2) is 18.1 Å². The molecular weight excluding hydrogens is 472 g/mol. The number of anilines is 3. The van der Waals surface area contributed by atoms with Gasteiger partial charge in [-0.05, 0) is 56.3 Å². The minimum atomic E-state index is -3.63. The number of hydrogen-bond acceptors (Lipinski definition) is 9. The molecular formula is C22H26N8O2S2. The van der Waals surface area contributed by atoms with E-state index in [2.05, 4.69) is 30.0 Å². The zero-order chi connectivity index (χ0) is 23.5. The maximum atomic E-state index is 12.8. The van der Waals surface area contributed by atoms with Crippen LogP contribution < -0.4 is 15.8 Å². The number of hydrogen-bond donors (Lipinski definition) is 3. The second-order valence-corrected chi connectivity index (χ2v) is 10.9. The van der Waals surface area contributed by atoms with Crippen LogP contribution in [0.15, 0.2) is 53.4 Å². The first kappa shape index (κ1) is 22.7. The van der Waals surface area contributed by atoms with E-state index in [1.54, 1.807) is 24.3 Å². The first-order valence-corrected chi connectivity index (χ1v) is 13.5. The fourth-order valence-corrected chi connectivity index (χ4v) is 5.94. The molecule has 0 atom stereocenters. The molecule has 0 bridgehead atoms. The standard InChI is InChI=1S/C22H26N8O2S2/c23-20-27-21(28-30(20)22-26-18-9-2-3-10-19(18)33-22)25-16-7-6-8-17(15-16)34(31,32)24-11-14-29-12-4-1-5-13-29/h2-3,6-10,15,24H,1,4-5,11-14H2,(H3,23,25,27,28). The van der Waals surface area contributed by atoms with Crippen LogP contribution in [0.5, 0.6) is 0 Å². The summed E-state index contributed by atoms with van der Waals surface area (Å²) in [5, 5.41) is 8.06. The van der Waals surface area contributed by atoms with E-state index < -0.39 is 10.0 Å². The molecule has 0 saturated carbocycles. The van der Waals surface area contributed by atoms with Crippen molar-refractivity contribution in [3.8, 4) is 5.13 Å². The molecule has 1 aliphatic rings. The highest BCUT2D eigenvalue weighted by molar-refractivity contribution is 7.89. The van der Waals surface area contributed by atoms with Gasteiger partial charge in [-0.3, -0.25) is 0 Å². The summed E-state index contributed by atoms with van der Waals surface area (Å²) in [6, 6.07) is 14.3. The maximum Gasteiger partial charge on any atom is 0.248 e. The van der Waals surface area contributed by atoms with Crippen LogP contribution in [0.2, 0.25) is 0 Å². The van der Waals surface area contributed by atoms with Crippen LogP contribution in [0.1, 0.15) is 19.3 Å². The molecule has 2 aromatic carbocycles. The highest BCUT2D eigenvalue weighted by Crippen LogP contribution is 2.26. The van der Waals surface area contributed by atoms with Gasteiger partial charge in [-0.15, -0.1) is 5.10 Å². The van der Waals surface area contributed by atoms with Crippen molar-refractivity contribution in [2.24, 2.45) is 0 Å². The number of nitrogens with two attached hydrogens (primary N) is 1. The molecule has 34 heavy (non-hydrogen) atoms. The second kappa shape index (κ2) is 9.66. The molecule has 3 heterocycles. The lowest BCUT2D eigenvalue weighted by Gasteiger charge is -2.26. The van der Waals surface area contributed by atoms with Crippen LogP contribution in [0.25, 0.3) is 15.3 Å². The largest absolute Gasteiger partial charge is 0.368 e. The lowest BCUT2D eigenvalue weighted by atomic mass is 10.1. The van der Waals surface area contributed by atoms with Gasteiger partial charge in [-0.2, -0.15) is 9.67 Å². The Bertz CT molecular complexity index is 1360. The van der Waals surface area contributed by atoms with Crippen LogP contribution in [-0.4, -0.2) is 59.2 Å². The van der Waals surface area contributed by atoms with Crippen LogP contribution in [-0.2, 0) is 10.0 Å². The molecule has 178 valence electrons. The molecule has 4 aromatic rings. The van der Waals surface area contributed by atoms with Crippen molar-refractivity contribution in [3.63, 3.8) is 0 Å². The molecule has 12 heteroatoms. The molecule has 5 rings (SSSR count). The lowest BCUT2D eigenvalue weighted by molar-refractivity contribution is 0.233. The fraction of sp³-hybridized carbons (Fsp3) is 0.318. The van der Waals surface area contributed by atoms with E-state index in [0.29, 0.717) is 23.9 Å². The molecule has 0 unspecified atom stereocenters. The summed E-state index contributed by atoms with van der Waals surface area (Å²) < 4.78 is 30.8. The van der Waals surface area contributed by atoms with E-state index in [1.807, 2.05) is 24.3 Å². The van der Waals surface area contributed by atoms with Crippen molar-refractivity contribution in [3.05, 3.63) is 48.5 Å². The summed E-state index contributed by atoms with van der Waals surface area (Å²) in [7, 11) is -3.63. The lowest BCUT2D eigenvalue weighted by Crippen LogP contribution is -2.37. The van der Waals surface area contributed by atoms with Gasteiger partial charge in [0.1, 0.15) is 0 Å². The zero-order valence-corrected chi connectivity index (χ0v) is 20.1. The van der Waals surface area contributed by atoms with Crippen LogP contribution in [0, 0.1) is 0 Å². The van der Waals surface area contributed by atoms with Gasteiger partial charge in [0.05, 0.1) is 15.1 Å². The van der Waals surface area contributed by atoms with Crippen molar-refractivity contribution in [1.82, 2.24) is 29.4 Å². The Kier molecular flexibility index (Phi) is 6.46. The highest BCUT2D eigenvalue weighted by atomic mass is 32.2. The van der Waals surface area contributed by atoms with Crippen molar-refractivity contribution in [2.45, 2.75) is 24.2 Å². The van der Waals surface area contributed by atoms with E-state index in [1.165, 1.54) is 35.3 Å². The smallest absolute Gasteiger partial charge is 0.248 e. The number of sulfonamides is 1. The molecule has 0 spiro atoms. The Balaban J connectivity index is 1.28. The Labute approximate surface area is 201 Å². The monoisotopic (exact) mass is 498 g/mol. The molecule has 4 N–H and O–H groups in total. The molecule has 0 radical (unpaired) electrons. The third-order valence-corrected chi connectivity index (χ3v) is 8.14. The minimum absolute atomic E-state index is 0.176. The highest BCUT2D eigenvalue weighted by Gasteiger charge is 2.17. The summed E-state index contributed by atoms with van der Waals surface area (Å²) in [6.07, 6.45) is 3.60. The number of nitrogens with zero attached hydrogens (tertiary/aromatic N) is 5. The Morgan fingerprint density at radius 3 is 2.68 bits per heavy atom. The predicted octanol–water partition coefficient (Wildman–Crippen LogP) is 2.97. The molecule has 10 nitrogen and oxygen atoms in total. The first-order valence-electron chi connectivity index (χ1n) is 11.2. The van der Waals surface area contributed by atoms with Crippen LogP contribution in [0.4, 0.5) is 17.6 Å². The molecule has 1 saturated heterocycles.